The van der Waals surface area contributed by atoms with Gasteiger partial charge in [-0.1, -0.05) is 48.5 Å². The Labute approximate surface area is 176 Å². The van der Waals surface area contributed by atoms with E-state index in [0.29, 0.717) is 12.1 Å². The number of rotatable bonds is 3. The van der Waals surface area contributed by atoms with Gasteiger partial charge in [0, 0.05) is 17.5 Å². The Morgan fingerprint density at radius 2 is 1.63 bits per heavy atom. The van der Waals surface area contributed by atoms with E-state index in [-0.39, 0.29) is 17.7 Å². The number of amides is 1. The Morgan fingerprint density at radius 3 is 2.17 bits per heavy atom. The minimum atomic E-state index is -1.15. The summed E-state index contributed by atoms with van der Waals surface area (Å²) in [7, 11) is 1.62. The molecule has 3 aliphatic rings. The minimum Gasteiger partial charge on any atom is -0.496 e. The molecule has 4 nitrogen and oxygen atoms in total. The molecule has 148 valence electrons. The third-order valence-electron chi connectivity index (χ3n) is 6.64. The van der Waals surface area contributed by atoms with Gasteiger partial charge in [-0.15, -0.1) is 0 Å². The van der Waals surface area contributed by atoms with Gasteiger partial charge in [-0.2, -0.15) is 5.26 Å². The number of hydrogen-bond donors (Lipinski definition) is 1. The summed E-state index contributed by atoms with van der Waals surface area (Å²) in [6.45, 7) is 1.93. The van der Waals surface area contributed by atoms with Gasteiger partial charge in [-0.3, -0.25) is 4.79 Å². The van der Waals surface area contributed by atoms with Crippen LogP contribution in [0.5, 0.6) is 5.75 Å². The maximum absolute atomic E-state index is 13.6. The fraction of sp³-hybridized carbons (Fsp3) is 0.231. The van der Waals surface area contributed by atoms with E-state index in [1.807, 2.05) is 49.4 Å². The second-order valence-electron chi connectivity index (χ2n) is 8.17. The number of ether oxygens (including phenoxy) is 1. The Kier molecular flexibility index (Phi) is 4.15. The molecule has 2 bridgehead atoms. The number of benzene rings is 3. The standard InChI is InChI=1S/C26H22N2O2/c1-16-13-17(11-12-23(16)30-2)28-25(29)26(15-27)14-22-18-7-3-5-9-20(18)24(26)21-10-6-4-8-19(21)22/h3-13,22,24H,14H2,1-2H3,(H,28,29). The van der Waals surface area contributed by atoms with E-state index < -0.39 is 5.41 Å². The van der Waals surface area contributed by atoms with Crippen LogP contribution >= 0.6 is 0 Å². The molecule has 1 amide bonds. The highest BCUT2D eigenvalue weighted by atomic mass is 16.5. The molecule has 30 heavy (non-hydrogen) atoms. The highest BCUT2D eigenvalue weighted by Gasteiger charge is 2.57. The van der Waals surface area contributed by atoms with Crippen LogP contribution in [-0.4, -0.2) is 13.0 Å². The molecule has 1 unspecified atom stereocenters. The van der Waals surface area contributed by atoms with Crippen molar-refractivity contribution in [3.8, 4) is 11.8 Å². The Hall–Kier alpha value is -3.58. The summed E-state index contributed by atoms with van der Waals surface area (Å²) < 4.78 is 5.32. The smallest absolute Gasteiger partial charge is 0.245 e. The largest absolute Gasteiger partial charge is 0.496 e. The molecule has 0 fully saturated rings. The summed E-state index contributed by atoms with van der Waals surface area (Å²) in [6.07, 6.45) is 0.489. The summed E-state index contributed by atoms with van der Waals surface area (Å²) in [4.78, 5) is 13.6. The fourth-order valence-corrected chi connectivity index (χ4v) is 5.29. The van der Waals surface area contributed by atoms with Crippen molar-refractivity contribution in [2.75, 3.05) is 12.4 Å². The predicted molar refractivity (Wildman–Crippen MR) is 116 cm³/mol. The van der Waals surface area contributed by atoms with Crippen LogP contribution in [0.15, 0.2) is 66.7 Å². The molecule has 3 aliphatic carbocycles. The average Bonchev–Trinajstić information content (AvgIpc) is 2.79. The molecule has 0 aromatic heterocycles. The van der Waals surface area contributed by atoms with Crippen molar-refractivity contribution in [3.05, 3.63) is 94.5 Å². The van der Waals surface area contributed by atoms with Crippen LogP contribution in [-0.2, 0) is 4.79 Å². The lowest BCUT2D eigenvalue weighted by atomic mass is 9.52. The monoisotopic (exact) mass is 394 g/mol. The molecule has 1 atom stereocenters. The van der Waals surface area contributed by atoms with Crippen molar-refractivity contribution in [3.63, 3.8) is 0 Å². The minimum absolute atomic E-state index is 0.0467. The van der Waals surface area contributed by atoms with Crippen LogP contribution in [0.1, 0.15) is 46.1 Å². The van der Waals surface area contributed by atoms with Crippen molar-refractivity contribution in [1.29, 1.82) is 5.26 Å². The Morgan fingerprint density at radius 1 is 1.03 bits per heavy atom. The van der Waals surface area contributed by atoms with E-state index in [9.17, 15) is 10.1 Å². The second-order valence-corrected chi connectivity index (χ2v) is 8.17. The first kappa shape index (κ1) is 18.4. The topological polar surface area (TPSA) is 62.1 Å². The number of fused-ring (bicyclic) bond motifs is 1. The predicted octanol–water partition coefficient (Wildman–Crippen LogP) is 5.13. The highest BCUT2D eigenvalue weighted by molar-refractivity contribution is 5.99. The third-order valence-corrected chi connectivity index (χ3v) is 6.64. The third kappa shape index (κ3) is 2.48. The Bertz CT molecular complexity index is 1160. The van der Waals surface area contributed by atoms with Gasteiger partial charge in [-0.25, -0.2) is 0 Å². The molecule has 0 heterocycles. The van der Waals surface area contributed by atoms with Gasteiger partial charge in [0.2, 0.25) is 5.91 Å². The first-order valence-corrected chi connectivity index (χ1v) is 10.1. The maximum Gasteiger partial charge on any atom is 0.245 e. The second kappa shape index (κ2) is 6.74. The molecule has 3 aromatic rings. The highest BCUT2D eigenvalue weighted by Crippen LogP contribution is 2.61. The lowest BCUT2D eigenvalue weighted by molar-refractivity contribution is -0.124. The van der Waals surface area contributed by atoms with Crippen LogP contribution in [0.3, 0.4) is 0 Å². The van der Waals surface area contributed by atoms with Crippen LogP contribution in [0.2, 0.25) is 0 Å². The summed E-state index contributed by atoms with van der Waals surface area (Å²) in [5.74, 6) is 0.292. The van der Waals surface area contributed by atoms with Gasteiger partial charge in [0.1, 0.15) is 11.2 Å². The van der Waals surface area contributed by atoms with Crippen molar-refractivity contribution in [1.82, 2.24) is 0 Å². The lowest BCUT2D eigenvalue weighted by Gasteiger charge is -2.48. The van der Waals surface area contributed by atoms with Crippen LogP contribution in [0.4, 0.5) is 5.69 Å². The quantitative estimate of drug-likeness (QED) is 0.670. The van der Waals surface area contributed by atoms with E-state index in [0.717, 1.165) is 22.4 Å². The number of nitrogens with one attached hydrogen (secondary N) is 1. The van der Waals surface area contributed by atoms with Gasteiger partial charge >= 0.3 is 0 Å². The van der Waals surface area contributed by atoms with Crippen molar-refractivity contribution < 1.29 is 9.53 Å². The van der Waals surface area contributed by atoms with Gasteiger partial charge in [-0.05, 0) is 59.4 Å². The van der Waals surface area contributed by atoms with E-state index in [1.165, 1.54) is 11.1 Å². The number of hydrogen-bond acceptors (Lipinski definition) is 3. The number of anilines is 1. The first-order valence-electron chi connectivity index (χ1n) is 10.1. The summed E-state index contributed by atoms with van der Waals surface area (Å²) in [5, 5.41) is 13.4. The SMILES string of the molecule is COc1ccc(NC(=O)C2(C#N)CC3c4ccccc4C2c2ccccc23)cc1C. The molecule has 0 saturated carbocycles. The van der Waals surface area contributed by atoms with Gasteiger partial charge in [0.15, 0.2) is 0 Å². The maximum atomic E-state index is 13.6. The van der Waals surface area contributed by atoms with E-state index in [4.69, 9.17) is 4.74 Å². The number of methoxy groups -OCH3 is 1. The Balaban J connectivity index is 1.60. The molecule has 0 saturated heterocycles. The van der Waals surface area contributed by atoms with Gasteiger partial charge in [0.25, 0.3) is 0 Å². The zero-order valence-corrected chi connectivity index (χ0v) is 17.0. The molecular formula is C26H22N2O2. The zero-order chi connectivity index (χ0) is 20.9. The summed E-state index contributed by atoms with van der Waals surface area (Å²) in [6, 6.07) is 24.5. The average molecular weight is 394 g/mol. The van der Waals surface area contributed by atoms with E-state index in [2.05, 4.69) is 35.7 Å². The number of carbonyl (C=O) groups is 1. The molecule has 4 heteroatoms. The molecule has 0 spiro atoms. The van der Waals surface area contributed by atoms with Gasteiger partial charge < -0.3 is 10.1 Å². The number of aryl methyl sites for hydroxylation is 1. The number of carbonyl (C=O) groups excluding carboxylic acids is 1. The summed E-state index contributed by atoms with van der Waals surface area (Å²) in [5.41, 5.74) is 5.12. The van der Waals surface area contributed by atoms with E-state index in [1.54, 1.807) is 7.11 Å². The number of nitrogens with zero attached hydrogens (tertiary/aromatic N) is 1. The molecule has 6 rings (SSSR count). The van der Waals surface area contributed by atoms with Crippen LogP contribution in [0, 0.1) is 23.7 Å². The summed E-state index contributed by atoms with van der Waals surface area (Å²) >= 11 is 0. The van der Waals surface area contributed by atoms with Crippen molar-refractivity contribution in [2.45, 2.75) is 25.2 Å². The normalized spacial score (nSPS) is 23.1. The molecule has 0 radical (unpaired) electrons. The fourth-order valence-electron chi connectivity index (χ4n) is 5.29. The van der Waals surface area contributed by atoms with Crippen LogP contribution in [0.25, 0.3) is 0 Å². The lowest BCUT2D eigenvalue weighted by Crippen LogP contribution is -2.48. The van der Waals surface area contributed by atoms with Crippen LogP contribution < -0.4 is 10.1 Å². The first-order chi connectivity index (χ1) is 14.6. The van der Waals surface area contributed by atoms with E-state index >= 15 is 0 Å². The molecule has 3 aromatic carbocycles. The molecule has 1 N–H and O–H groups in total. The van der Waals surface area contributed by atoms with Crippen molar-refractivity contribution in [2.24, 2.45) is 5.41 Å². The molecular weight excluding hydrogens is 372 g/mol. The molecule has 0 aliphatic heterocycles. The number of nitriles is 1. The van der Waals surface area contributed by atoms with Crippen molar-refractivity contribution >= 4 is 11.6 Å². The zero-order valence-electron chi connectivity index (χ0n) is 17.0. The van der Waals surface area contributed by atoms with Gasteiger partial charge in [0.05, 0.1) is 13.2 Å².